The molecule has 0 spiro atoms. The van der Waals surface area contributed by atoms with E-state index in [1.54, 1.807) is 13.0 Å². The Labute approximate surface area is 60.9 Å². The van der Waals surface area contributed by atoms with E-state index in [1.807, 2.05) is 0 Å². The lowest BCUT2D eigenvalue weighted by Gasteiger charge is -1.94. The number of esters is 1. The Hall–Kier alpha value is -1.23. The largest absolute Gasteiger partial charge is 0.456 e. The van der Waals surface area contributed by atoms with Crippen molar-refractivity contribution < 1.29 is 9.53 Å². The molecule has 2 heteroatoms. The Bertz CT molecular complexity index is 171. The normalized spacial score (nSPS) is 7.30. The van der Waals surface area contributed by atoms with Crippen molar-refractivity contribution in [2.75, 3.05) is 6.61 Å². The first-order valence-corrected chi connectivity index (χ1v) is 3.01. The average Bonchev–Trinajstić information content (AvgIpc) is 1.89. The van der Waals surface area contributed by atoms with Crippen molar-refractivity contribution in [3.63, 3.8) is 0 Å². The van der Waals surface area contributed by atoms with Crippen molar-refractivity contribution >= 4 is 5.97 Å². The summed E-state index contributed by atoms with van der Waals surface area (Å²) in [7, 11) is 0. The van der Waals surface area contributed by atoms with E-state index in [9.17, 15) is 4.79 Å². The van der Waals surface area contributed by atoms with E-state index in [-0.39, 0.29) is 0 Å². The van der Waals surface area contributed by atoms with Crippen LogP contribution in [0.4, 0.5) is 0 Å². The Balaban J connectivity index is 3.36. The standard InChI is InChI=1S/C8H10O2/c1-3-5-7-10-8(9)6-4-2/h3H,1,5,7H2,2H3. The molecule has 0 N–H and O–H groups in total. The summed E-state index contributed by atoms with van der Waals surface area (Å²) in [5.74, 6) is 4.23. The van der Waals surface area contributed by atoms with Gasteiger partial charge in [-0.25, -0.2) is 4.79 Å². The van der Waals surface area contributed by atoms with Gasteiger partial charge in [-0.2, -0.15) is 0 Å². The van der Waals surface area contributed by atoms with Crippen LogP contribution in [-0.4, -0.2) is 12.6 Å². The molecule has 10 heavy (non-hydrogen) atoms. The maximum atomic E-state index is 10.5. The quantitative estimate of drug-likeness (QED) is 0.192. The highest BCUT2D eigenvalue weighted by molar-refractivity contribution is 5.88. The molecule has 0 unspecified atom stereocenters. The summed E-state index contributed by atoms with van der Waals surface area (Å²) in [5, 5.41) is 0. The van der Waals surface area contributed by atoms with E-state index in [4.69, 9.17) is 0 Å². The first kappa shape index (κ1) is 8.77. The van der Waals surface area contributed by atoms with Crippen LogP contribution < -0.4 is 0 Å². The van der Waals surface area contributed by atoms with Gasteiger partial charge in [-0.15, -0.1) is 6.58 Å². The van der Waals surface area contributed by atoms with Gasteiger partial charge in [0.1, 0.15) is 0 Å². The summed E-state index contributed by atoms with van der Waals surface area (Å²) in [6.07, 6.45) is 2.36. The molecule has 0 bridgehead atoms. The predicted octanol–water partition coefficient (Wildman–Crippen LogP) is 1.13. The summed E-state index contributed by atoms with van der Waals surface area (Å²) >= 11 is 0. The Morgan fingerprint density at radius 3 is 3.00 bits per heavy atom. The van der Waals surface area contributed by atoms with Crippen LogP contribution in [0.5, 0.6) is 0 Å². The van der Waals surface area contributed by atoms with Gasteiger partial charge in [0, 0.05) is 5.92 Å². The summed E-state index contributed by atoms with van der Waals surface area (Å²) in [5.41, 5.74) is 0. The van der Waals surface area contributed by atoms with Crippen LogP contribution in [-0.2, 0) is 9.53 Å². The molecule has 0 atom stereocenters. The molecule has 0 aromatic rings. The predicted molar refractivity (Wildman–Crippen MR) is 39.2 cm³/mol. The number of ether oxygens (including phenoxy) is 1. The van der Waals surface area contributed by atoms with Gasteiger partial charge < -0.3 is 4.74 Å². The molecule has 0 amide bonds. The third-order valence-electron chi connectivity index (χ3n) is 0.782. The molecule has 0 saturated heterocycles. The first-order valence-electron chi connectivity index (χ1n) is 3.01. The molecule has 0 saturated carbocycles. The summed E-state index contributed by atoms with van der Waals surface area (Å²) in [6.45, 7) is 5.44. The summed E-state index contributed by atoms with van der Waals surface area (Å²) in [4.78, 5) is 10.5. The fourth-order valence-electron chi connectivity index (χ4n) is 0.373. The molecule has 0 heterocycles. The van der Waals surface area contributed by atoms with Gasteiger partial charge in [0.05, 0.1) is 6.61 Å². The molecular formula is C8H10O2. The van der Waals surface area contributed by atoms with Gasteiger partial charge in [0.2, 0.25) is 0 Å². The van der Waals surface area contributed by atoms with Crippen molar-refractivity contribution in [1.82, 2.24) is 0 Å². The van der Waals surface area contributed by atoms with E-state index >= 15 is 0 Å². The number of rotatable bonds is 3. The van der Waals surface area contributed by atoms with E-state index in [0.29, 0.717) is 13.0 Å². The minimum absolute atomic E-state index is 0.372. The monoisotopic (exact) mass is 138 g/mol. The second-order valence-corrected chi connectivity index (χ2v) is 1.59. The highest BCUT2D eigenvalue weighted by atomic mass is 16.5. The molecule has 0 aliphatic carbocycles. The highest BCUT2D eigenvalue weighted by Gasteiger charge is 1.92. The Morgan fingerprint density at radius 1 is 1.80 bits per heavy atom. The zero-order valence-corrected chi connectivity index (χ0v) is 6.02. The average molecular weight is 138 g/mol. The van der Waals surface area contributed by atoms with Gasteiger partial charge in [-0.1, -0.05) is 12.0 Å². The highest BCUT2D eigenvalue weighted by Crippen LogP contribution is 1.82. The molecule has 0 rings (SSSR count). The van der Waals surface area contributed by atoms with Gasteiger partial charge in [0.15, 0.2) is 0 Å². The van der Waals surface area contributed by atoms with Crippen LogP contribution in [0.25, 0.3) is 0 Å². The molecular weight excluding hydrogens is 128 g/mol. The van der Waals surface area contributed by atoms with Crippen LogP contribution >= 0.6 is 0 Å². The SMILES string of the molecule is C=CCCOC(=O)C#CC. The maximum Gasteiger partial charge on any atom is 0.384 e. The zero-order chi connectivity index (χ0) is 7.82. The topological polar surface area (TPSA) is 26.3 Å². The van der Waals surface area contributed by atoms with Crippen LogP contribution in [0.15, 0.2) is 12.7 Å². The molecule has 0 radical (unpaired) electrons. The van der Waals surface area contributed by atoms with Gasteiger partial charge in [-0.05, 0) is 13.3 Å². The van der Waals surface area contributed by atoms with Crippen LogP contribution in [0.3, 0.4) is 0 Å². The number of hydrogen-bond donors (Lipinski definition) is 0. The first-order chi connectivity index (χ1) is 4.81. The fourth-order valence-corrected chi connectivity index (χ4v) is 0.373. The van der Waals surface area contributed by atoms with E-state index in [0.717, 1.165) is 0 Å². The van der Waals surface area contributed by atoms with E-state index in [1.165, 1.54) is 0 Å². The van der Waals surface area contributed by atoms with Crippen LogP contribution in [0.2, 0.25) is 0 Å². The Kier molecular flexibility index (Phi) is 5.17. The number of hydrogen-bond acceptors (Lipinski definition) is 2. The lowest BCUT2D eigenvalue weighted by molar-refractivity contribution is -0.136. The molecule has 2 nitrogen and oxygen atoms in total. The summed E-state index contributed by atoms with van der Waals surface area (Å²) in [6, 6.07) is 0. The minimum atomic E-state index is -0.468. The van der Waals surface area contributed by atoms with Crippen molar-refractivity contribution in [3.8, 4) is 11.8 Å². The molecule has 0 aliphatic rings. The van der Waals surface area contributed by atoms with Crippen LogP contribution in [0, 0.1) is 11.8 Å². The lowest BCUT2D eigenvalue weighted by atomic mass is 10.4. The second-order valence-electron chi connectivity index (χ2n) is 1.59. The van der Waals surface area contributed by atoms with Crippen molar-refractivity contribution in [2.45, 2.75) is 13.3 Å². The smallest absolute Gasteiger partial charge is 0.384 e. The second kappa shape index (κ2) is 5.90. The summed E-state index contributed by atoms with van der Waals surface area (Å²) < 4.78 is 4.64. The molecule has 0 fully saturated rings. The molecule has 54 valence electrons. The third-order valence-corrected chi connectivity index (χ3v) is 0.782. The van der Waals surface area contributed by atoms with Crippen molar-refractivity contribution in [3.05, 3.63) is 12.7 Å². The van der Waals surface area contributed by atoms with Gasteiger partial charge in [-0.3, -0.25) is 0 Å². The number of carbonyl (C=O) groups excluding carboxylic acids is 1. The fraction of sp³-hybridized carbons (Fsp3) is 0.375. The van der Waals surface area contributed by atoms with E-state index < -0.39 is 5.97 Å². The number of carbonyl (C=O) groups is 1. The van der Waals surface area contributed by atoms with Crippen molar-refractivity contribution in [2.24, 2.45) is 0 Å². The molecule has 0 aromatic heterocycles. The van der Waals surface area contributed by atoms with Crippen molar-refractivity contribution in [1.29, 1.82) is 0 Å². The van der Waals surface area contributed by atoms with Crippen LogP contribution in [0.1, 0.15) is 13.3 Å². The minimum Gasteiger partial charge on any atom is -0.456 e. The third kappa shape index (κ3) is 4.92. The molecule has 0 aromatic carbocycles. The van der Waals surface area contributed by atoms with Gasteiger partial charge >= 0.3 is 5.97 Å². The van der Waals surface area contributed by atoms with Gasteiger partial charge in [0.25, 0.3) is 0 Å². The Morgan fingerprint density at radius 2 is 2.50 bits per heavy atom. The van der Waals surface area contributed by atoms with E-state index in [2.05, 4.69) is 23.2 Å². The zero-order valence-electron chi connectivity index (χ0n) is 6.02. The molecule has 0 aliphatic heterocycles. The lowest BCUT2D eigenvalue weighted by Crippen LogP contribution is -2.01. The maximum absolute atomic E-state index is 10.5.